The fourth-order valence-electron chi connectivity index (χ4n) is 2.18. The van der Waals surface area contributed by atoms with Gasteiger partial charge in [0.25, 0.3) is 0 Å². The Labute approximate surface area is 119 Å². The van der Waals surface area contributed by atoms with E-state index in [-0.39, 0.29) is 18.6 Å². The molecule has 0 bridgehead atoms. The van der Waals surface area contributed by atoms with Gasteiger partial charge in [-0.3, -0.25) is 4.79 Å². The van der Waals surface area contributed by atoms with Crippen LogP contribution in [-0.4, -0.2) is 56.6 Å². The fourth-order valence-corrected chi connectivity index (χ4v) is 2.18. The second-order valence-corrected chi connectivity index (χ2v) is 5.09. The summed E-state index contributed by atoms with van der Waals surface area (Å²) in [4.78, 5) is 23.2. The third kappa shape index (κ3) is 4.64. The summed E-state index contributed by atoms with van der Waals surface area (Å²) < 4.78 is 10.2. The van der Waals surface area contributed by atoms with Crippen molar-refractivity contribution in [2.24, 2.45) is 5.41 Å². The van der Waals surface area contributed by atoms with Crippen LogP contribution in [0.4, 0.5) is 4.79 Å². The number of methoxy groups -OCH3 is 1. The van der Waals surface area contributed by atoms with Crippen LogP contribution in [0.1, 0.15) is 26.2 Å². The van der Waals surface area contributed by atoms with Gasteiger partial charge in [-0.05, 0) is 19.3 Å². The van der Waals surface area contributed by atoms with E-state index in [1.54, 1.807) is 7.11 Å². The van der Waals surface area contributed by atoms with Gasteiger partial charge in [-0.25, -0.2) is 4.79 Å². The number of hydrogen-bond acceptors (Lipinski definition) is 4. The lowest BCUT2D eigenvalue weighted by Gasteiger charge is -2.33. The molecule has 0 aromatic heterocycles. The summed E-state index contributed by atoms with van der Waals surface area (Å²) in [5.41, 5.74) is -0.918. The molecule has 1 heterocycles. The van der Waals surface area contributed by atoms with Gasteiger partial charge in [-0.15, -0.1) is 0 Å². The number of amides is 2. The van der Waals surface area contributed by atoms with Crippen molar-refractivity contribution in [1.82, 2.24) is 10.6 Å². The average molecular weight is 288 g/mol. The van der Waals surface area contributed by atoms with E-state index in [1.807, 2.05) is 6.92 Å². The highest BCUT2D eigenvalue weighted by Crippen LogP contribution is 2.29. The van der Waals surface area contributed by atoms with E-state index < -0.39 is 11.4 Å². The van der Waals surface area contributed by atoms with Gasteiger partial charge in [-0.2, -0.15) is 0 Å². The van der Waals surface area contributed by atoms with Gasteiger partial charge in [0.05, 0.1) is 18.1 Å². The summed E-state index contributed by atoms with van der Waals surface area (Å²) in [5, 5.41) is 14.8. The smallest absolute Gasteiger partial charge is 0.315 e. The quantitative estimate of drug-likeness (QED) is 0.637. The maximum Gasteiger partial charge on any atom is 0.315 e. The Morgan fingerprint density at radius 3 is 2.55 bits per heavy atom. The van der Waals surface area contributed by atoms with Gasteiger partial charge in [0.1, 0.15) is 0 Å². The van der Waals surface area contributed by atoms with Crippen LogP contribution in [0, 0.1) is 5.41 Å². The van der Waals surface area contributed by atoms with Crippen molar-refractivity contribution in [3.8, 4) is 0 Å². The minimum Gasteiger partial charge on any atom is -0.481 e. The molecule has 116 valence electrons. The number of hydrogen-bond donors (Lipinski definition) is 3. The molecule has 20 heavy (non-hydrogen) atoms. The van der Waals surface area contributed by atoms with Crippen LogP contribution >= 0.6 is 0 Å². The van der Waals surface area contributed by atoms with Gasteiger partial charge in [0, 0.05) is 26.9 Å². The van der Waals surface area contributed by atoms with Gasteiger partial charge >= 0.3 is 12.0 Å². The number of ether oxygens (including phenoxy) is 2. The number of carbonyl (C=O) groups is 2. The predicted octanol–water partition coefficient (Wildman–Crippen LogP) is 0.592. The maximum absolute atomic E-state index is 11.8. The first-order valence-electron chi connectivity index (χ1n) is 6.88. The summed E-state index contributed by atoms with van der Waals surface area (Å²) in [6.07, 6.45) is 1.58. The first-order valence-corrected chi connectivity index (χ1v) is 6.88. The lowest BCUT2D eigenvalue weighted by Crippen LogP contribution is -2.51. The fraction of sp³-hybridized carbons (Fsp3) is 0.846. The summed E-state index contributed by atoms with van der Waals surface area (Å²) in [7, 11) is 1.57. The number of carbonyl (C=O) groups excluding carboxylic acids is 1. The standard InChI is InChI=1S/C13H24N2O5/c1-3-10(8-19-2)15-12(18)14-9-13(11(16)17)4-6-20-7-5-13/h10H,3-9H2,1-2H3,(H,16,17)(H2,14,15,18). The average Bonchev–Trinajstić information content (AvgIpc) is 2.45. The molecule has 0 radical (unpaired) electrons. The topological polar surface area (TPSA) is 96.9 Å². The highest BCUT2D eigenvalue weighted by Gasteiger charge is 2.40. The van der Waals surface area contributed by atoms with Gasteiger partial charge < -0.3 is 25.2 Å². The summed E-state index contributed by atoms with van der Waals surface area (Å²) in [6, 6.07) is -0.434. The van der Waals surface area contributed by atoms with Crippen LogP contribution in [0.15, 0.2) is 0 Å². The lowest BCUT2D eigenvalue weighted by atomic mass is 9.80. The second-order valence-electron chi connectivity index (χ2n) is 5.09. The third-order valence-corrected chi connectivity index (χ3v) is 3.69. The molecule has 0 aliphatic carbocycles. The normalized spacial score (nSPS) is 19.1. The molecule has 0 aromatic rings. The van der Waals surface area contributed by atoms with E-state index >= 15 is 0 Å². The van der Waals surface area contributed by atoms with Crippen LogP contribution in [0.5, 0.6) is 0 Å². The Bertz CT molecular complexity index is 329. The number of aliphatic carboxylic acids is 1. The monoisotopic (exact) mass is 288 g/mol. The van der Waals surface area contributed by atoms with E-state index in [2.05, 4.69) is 10.6 Å². The summed E-state index contributed by atoms with van der Waals surface area (Å²) in [6.45, 7) is 3.32. The molecule has 1 unspecified atom stereocenters. The molecule has 1 atom stereocenters. The Morgan fingerprint density at radius 2 is 2.05 bits per heavy atom. The molecule has 3 N–H and O–H groups in total. The minimum atomic E-state index is -0.918. The molecule has 0 saturated carbocycles. The van der Waals surface area contributed by atoms with Crippen molar-refractivity contribution in [2.45, 2.75) is 32.2 Å². The Morgan fingerprint density at radius 1 is 1.40 bits per heavy atom. The first kappa shape index (κ1) is 16.7. The first-order chi connectivity index (χ1) is 9.54. The molecule has 1 aliphatic heterocycles. The van der Waals surface area contributed by atoms with Crippen LogP contribution in [0.3, 0.4) is 0 Å². The van der Waals surface area contributed by atoms with E-state index in [0.717, 1.165) is 6.42 Å². The van der Waals surface area contributed by atoms with Crippen molar-refractivity contribution in [2.75, 3.05) is 33.5 Å². The lowest BCUT2D eigenvalue weighted by molar-refractivity contribution is -0.154. The molecular weight excluding hydrogens is 264 g/mol. The molecule has 7 heteroatoms. The molecule has 1 fully saturated rings. The van der Waals surface area contributed by atoms with Crippen molar-refractivity contribution in [1.29, 1.82) is 0 Å². The largest absolute Gasteiger partial charge is 0.481 e. The molecule has 0 spiro atoms. The molecular formula is C13H24N2O5. The zero-order chi connectivity index (χ0) is 15.0. The molecule has 0 aromatic carbocycles. The van der Waals surface area contributed by atoms with Crippen LogP contribution in [0.25, 0.3) is 0 Å². The molecule has 1 aliphatic rings. The number of urea groups is 1. The molecule has 1 rings (SSSR count). The highest BCUT2D eigenvalue weighted by molar-refractivity contribution is 5.78. The number of nitrogens with one attached hydrogen (secondary N) is 2. The van der Waals surface area contributed by atoms with Gasteiger partial charge in [0.15, 0.2) is 0 Å². The van der Waals surface area contributed by atoms with Crippen molar-refractivity contribution in [3.05, 3.63) is 0 Å². The number of carboxylic acid groups (broad SMARTS) is 1. The zero-order valence-electron chi connectivity index (χ0n) is 12.1. The molecule has 1 saturated heterocycles. The second kappa shape index (κ2) is 8.06. The SMILES string of the molecule is CCC(COC)NC(=O)NCC1(C(=O)O)CCOCC1. The Kier molecular flexibility index (Phi) is 6.74. The zero-order valence-corrected chi connectivity index (χ0v) is 12.1. The van der Waals surface area contributed by atoms with E-state index in [0.29, 0.717) is 32.7 Å². The van der Waals surface area contributed by atoms with Crippen molar-refractivity contribution >= 4 is 12.0 Å². The van der Waals surface area contributed by atoms with E-state index in [1.165, 1.54) is 0 Å². The van der Waals surface area contributed by atoms with E-state index in [9.17, 15) is 14.7 Å². The van der Waals surface area contributed by atoms with E-state index in [4.69, 9.17) is 9.47 Å². The highest BCUT2D eigenvalue weighted by atomic mass is 16.5. The molecule has 7 nitrogen and oxygen atoms in total. The van der Waals surface area contributed by atoms with Gasteiger partial charge in [0.2, 0.25) is 0 Å². The third-order valence-electron chi connectivity index (χ3n) is 3.69. The number of rotatable bonds is 7. The van der Waals surface area contributed by atoms with Crippen molar-refractivity contribution in [3.63, 3.8) is 0 Å². The minimum absolute atomic E-state index is 0.0736. The predicted molar refractivity (Wildman–Crippen MR) is 72.6 cm³/mol. The molecule has 2 amide bonds. The Balaban J connectivity index is 2.46. The summed E-state index contributed by atoms with van der Waals surface area (Å²) in [5.74, 6) is -0.884. The van der Waals surface area contributed by atoms with Crippen LogP contribution in [-0.2, 0) is 14.3 Å². The maximum atomic E-state index is 11.8. The van der Waals surface area contributed by atoms with Gasteiger partial charge in [-0.1, -0.05) is 6.92 Å². The van der Waals surface area contributed by atoms with Crippen molar-refractivity contribution < 1.29 is 24.2 Å². The number of carboxylic acids is 1. The van der Waals surface area contributed by atoms with Crippen LogP contribution < -0.4 is 10.6 Å². The van der Waals surface area contributed by atoms with Crippen LogP contribution in [0.2, 0.25) is 0 Å². The Hall–Kier alpha value is -1.34. The summed E-state index contributed by atoms with van der Waals surface area (Å²) >= 11 is 0.